The number of nitrogens with one attached hydrogen (secondary N) is 1. The van der Waals surface area contributed by atoms with Crippen LogP contribution in [0.5, 0.6) is 0 Å². The third kappa shape index (κ3) is 3.94. The van der Waals surface area contributed by atoms with Gasteiger partial charge in [0, 0.05) is 11.9 Å². The highest BCUT2D eigenvalue weighted by atomic mass is 32.2. The first kappa shape index (κ1) is 14.3. The molecule has 2 aromatic rings. The highest BCUT2D eigenvalue weighted by Crippen LogP contribution is 2.28. The Morgan fingerprint density at radius 2 is 1.84 bits per heavy atom. The third-order valence-corrected chi connectivity index (χ3v) is 4.91. The molecule has 0 aliphatic heterocycles. The van der Waals surface area contributed by atoms with Crippen LogP contribution in [0.2, 0.25) is 0 Å². The predicted molar refractivity (Wildman–Crippen MR) is 84.2 cm³/mol. The Morgan fingerprint density at radius 1 is 1.16 bits per heavy atom. The molecule has 0 aliphatic rings. The van der Waals surface area contributed by atoms with Crippen LogP contribution in [-0.4, -0.2) is 17.2 Å². The molecule has 19 heavy (non-hydrogen) atoms. The van der Waals surface area contributed by atoms with Crippen LogP contribution in [0, 0.1) is 0 Å². The van der Waals surface area contributed by atoms with Crippen molar-refractivity contribution in [2.45, 2.75) is 36.8 Å². The van der Waals surface area contributed by atoms with Gasteiger partial charge in [0.25, 0.3) is 0 Å². The van der Waals surface area contributed by atoms with E-state index in [9.17, 15) is 0 Å². The molecule has 1 N–H and O–H groups in total. The van der Waals surface area contributed by atoms with E-state index in [1.54, 1.807) is 23.1 Å². The summed E-state index contributed by atoms with van der Waals surface area (Å²) in [5, 5.41) is 13.1. The van der Waals surface area contributed by atoms with E-state index in [-0.39, 0.29) is 5.41 Å². The second-order valence-electron chi connectivity index (χ2n) is 5.31. The van der Waals surface area contributed by atoms with Crippen LogP contribution in [0.15, 0.2) is 29.2 Å². The van der Waals surface area contributed by atoms with Gasteiger partial charge in [0.05, 0.1) is 5.75 Å². The summed E-state index contributed by atoms with van der Waals surface area (Å²) < 4.78 is 0. The zero-order valence-corrected chi connectivity index (χ0v) is 13.4. The van der Waals surface area contributed by atoms with Crippen LogP contribution in [0.1, 0.15) is 31.3 Å². The maximum atomic E-state index is 4.14. The lowest BCUT2D eigenvalue weighted by Gasteiger charge is -2.18. The summed E-state index contributed by atoms with van der Waals surface area (Å²) in [6, 6.07) is 8.79. The second kappa shape index (κ2) is 5.92. The Hall–Kier alpha value is -1.07. The average molecular weight is 293 g/mol. The molecule has 1 aromatic heterocycles. The van der Waals surface area contributed by atoms with Crippen molar-refractivity contribution in [1.29, 1.82) is 0 Å². The zero-order chi connectivity index (χ0) is 13.9. The molecule has 0 aliphatic carbocycles. The monoisotopic (exact) mass is 293 g/mol. The van der Waals surface area contributed by atoms with Crippen LogP contribution < -0.4 is 5.32 Å². The van der Waals surface area contributed by atoms with E-state index < -0.39 is 0 Å². The molecule has 1 heterocycles. The van der Waals surface area contributed by atoms with Gasteiger partial charge in [-0.05, 0) is 23.1 Å². The molecule has 5 heteroatoms. The SMILES string of the molecule is CNc1nnc(CSc2ccc(C(C)(C)C)cc2)s1. The summed E-state index contributed by atoms with van der Waals surface area (Å²) in [7, 11) is 1.86. The first-order valence-corrected chi connectivity index (χ1v) is 8.03. The highest BCUT2D eigenvalue weighted by molar-refractivity contribution is 7.98. The van der Waals surface area contributed by atoms with Crippen molar-refractivity contribution in [2.75, 3.05) is 12.4 Å². The lowest BCUT2D eigenvalue weighted by molar-refractivity contribution is 0.590. The minimum absolute atomic E-state index is 0.212. The van der Waals surface area contributed by atoms with Crippen molar-refractivity contribution in [3.63, 3.8) is 0 Å². The topological polar surface area (TPSA) is 37.8 Å². The van der Waals surface area contributed by atoms with Crippen molar-refractivity contribution in [1.82, 2.24) is 10.2 Å². The summed E-state index contributed by atoms with van der Waals surface area (Å²) >= 11 is 3.40. The van der Waals surface area contributed by atoms with E-state index in [1.165, 1.54) is 10.5 Å². The Bertz CT molecular complexity index is 526. The molecular weight excluding hydrogens is 274 g/mol. The van der Waals surface area contributed by atoms with Crippen LogP contribution in [0.25, 0.3) is 0 Å². The molecular formula is C14H19N3S2. The van der Waals surface area contributed by atoms with Gasteiger partial charge in [0.2, 0.25) is 5.13 Å². The van der Waals surface area contributed by atoms with Crippen molar-refractivity contribution in [2.24, 2.45) is 0 Å². The van der Waals surface area contributed by atoms with Crippen LogP contribution >= 0.6 is 23.1 Å². The van der Waals surface area contributed by atoms with Gasteiger partial charge in [-0.2, -0.15) is 0 Å². The molecule has 0 saturated heterocycles. The van der Waals surface area contributed by atoms with Crippen molar-refractivity contribution in [3.05, 3.63) is 34.8 Å². The zero-order valence-electron chi connectivity index (χ0n) is 11.7. The average Bonchev–Trinajstić information content (AvgIpc) is 2.84. The maximum Gasteiger partial charge on any atom is 0.205 e. The third-order valence-electron chi connectivity index (χ3n) is 2.76. The first-order chi connectivity index (χ1) is 8.99. The minimum Gasteiger partial charge on any atom is -0.363 e. The number of nitrogens with zero attached hydrogens (tertiary/aromatic N) is 2. The Labute approximate surface area is 122 Å². The van der Waals surface area contributed by atoms with Crippen LogP contribution in [0.3, 0.4) is 0 Å². The molecule has 0 fully saturated rings. The Morgan fingerprint density at radius 3 is 2.37 bits per heavy atom. The maximum absolute atomic E-state index is 4.14. The summed E-state index contributed by atoms with van der Waals surface area (Å²) in [5.74, 6) is 0.869. The molecule has 102 valence electrons. The van der Waals surface area contributed by atoms with E-state index in [4.69, 9.17) is 0 Å². The number of hydrogen-bond donors (Lipinski definition) is 1. The van der Waals surface area contributed by atoms with E-state index in [0.29, 0.717) is 0 Å². The van der Waals surface area contributed by atoms with Gasteiger partial charge in [-0.1, -0.05) is 44.2 Å². The summed E-state index contributed by atoms with van der Waals surface area (Å²) in [6.45, 7) is 6.70. The van der Waals surface area contributed by atoms with Gasteiger partial charge in [0.15, 0.2) is 0 Å². The number of thioether (sulfide) groups is 1. The first-order valence-electron chi connectivity index (χ1n) is 6.22. The van der Waals surface area contributed by atoms with Gasteiger partial charge in [-0.3, -0.25) is 0 Å². The fraction of sp³-hybridized carbons (Fsp3) is 0.429. The Balaban J connectivity index is 1.96. The predicted octanol–water partition coefficient (Wildman–Crippen LogP) is 4.17. The van der Waals surface area contributed by atoms with E-state index in [2.05, 4.69) is 60.6 Å². The number of anilines is 1. The lowest BCUT2D eigenvalue weighted by Crippen LogP contribution is -2.10. The smallest absolute Gasteiger partial charge is 0.205 e. The van der Waals surface area contributed by atoms with Crippen molar-refractivity contribution in [3.8, 4) is 0 Å². The molecule has 3 nitrogen and oxygen atoms in total. The van der Waals surface area contributed by atoms with E-state index >= 15 is 0 Å². The molecule has 0 bridgehead atoms. The van der Waals surface area contributed by atoms with E-state index in [0.717, 1.165) is 15.9 Å². The second-order valence-corrected chi connectivity index (χ2v) is 7.42. The van der Waals surface area contributed by atoms with E-state index in [1.807, 2.05) is 7.05 Å². The minimum atomic E-state index is 0.212. The van der Waals surface area contributed by atoms with Gasteiger partial charge in [-0.15, -0.1) is 22.0 Å². The fourth-order valence-corrected chi connectivity index (χ4v) is 3.19. The quantitative estimate of drug-likeness (QED) is 0.859. The molecule has 0 unspecified atom stereocenters. The molecule has 2 rings (SSSR count). The standard InChI is InChI=1S/C14H19N3S2/c1-14(2,3)10-5-7-11(8-6-10)18-9-12-16-17-13(15-4)19-12/h5-8H,9H2,1-4H3,(H,15,17). The highest BCUT2D eigenvalue weighted by Gasteiger charge is 2.13. The lowest BCUT2D eigenvalue weighted by atomic mass is 9.87. The number of benzene rings is 1. The summed E-state index contributed by atoms with van der Waals surface area (Å²) in [6.07, 6.45) is 0. The van der Waals surface area contributed by atoms with Crippen LogP contribution in [0.4, 0.5) is 5.13 Å². The van der Waals surface area contributed by atoms with Crippen LogP contribution in [-0.2, 0) is 11.2 Å². The van der Waals surface area contributed by atoms with Gasteiger partial charge >= 0.3 is 0 Å². The Kier molecular flexibility index (Phi) is 4.47. The molecule has 0 spiro atoms. The number of aromatic nitrogens is 2. The largest absolute Gasteiger partial charge is 0.363 e. The number of hydrogen-bond acceptors (Lipinski definition) is 5. The summed E-state index contributed by atoms with van der Waals surface area (Å²) in [4.78, 5) is 1.27. The van der Waals surface area contributed by atoms with Gasteiger partial charge in [0.1, 0.15) is 5.01 Å². The van der Waals surface area contributed by atoms with Gasteiger partial charge < -0.3 is 5.32 Å². The summed E-state index contributed by atoms with van der Waals surface area (Å²) in [5.41, 5.74) is 1.58. The molecule has 0 amide bonds. The van der Waals surface area contributed by atoms with Gasteiger partial charge in [-0.25, -0.2) is 0 Å². The molecule has 0 saturated carbocycles. The molecule has 1 aromatic carbocycles. The number of rotatable bonds is 4. The molecule has 0 atom stereocenters. The normalized spacial score (nSPS) is 11.6. The molecule has 0 radical (unpaired) electrons. The fourth-order valence-electron chi connectivity index (χ4n) is 1.61. The van der Waals surface area contributed by atoms with Crippen molar-refractivity contribution >= 4 is 28.2 Å². The van der Waals surface area contributed by atoms with Crippen molar-refractivity contribution < 1.29 is 0 Å².